The molecule has 2 atom stereocenters. The summed E-state index contributed by atoms with van der Waals surface area (Å²) in [6.45, 7) is 6.44. The minimum Gasteiger partial charge on any atom is -0.497 e. The van der Waals surface area contributed by atoms with Gasteiger partial charge in [0.15, 0.2) is 6.10 Å². The van der Waals surface area contributed by atoms with Crippen molar-refractivity contribution in [1.82, 2.24) is 0 Å². The average Bonchev–Trinajstić information content (AvgIpc) is 2.35. The van der Waals surface area contributed by atoms with Crippen molar-refractivity contribution in [3.05, 3.63) is 42.5 Å². The fourth-order valence-corrected chi connectivity index (χ4v) is 1.66. The third-order valence-corrected chi connectivity index (χ3v) is 2.74. The molecular formula is C14H18O4. The van der Waals surface area contributed by atoms with Crippen molar-refractivity contribution in [2.45, 2.75) is 25.6 Å². The van der Waals surface area contributed by atoms with Crippen molar-refractivity contribution in [3.63, 3.8) is 0 Å². The zero-order chi connectivity index (χ0) is 13.8. The summed E-state index contributed by atoms with van der Waals surface area (Å²) >= 11 is 0. The summed E-state index contributed by atoms with van der Waals surface area (Å²) in [7, 11) is 1.57. The molecule has 0 aliphatic rings. The predicted octanol–water partition coefficient (Wildman–Crippen LogP) is 2.02. The number of aliphatic hydroxyl groups is 1. The fraction of sp³-hybridized carbons (Fsp3) is 0.357. The second-order valence-electron chi connectivity index (χ2n) is 4.14. The van der Waals surface area contributed by atoms with E-state index in [2.05, 4.69) is 6.58 Å². The number of esters is 1. The quantitative estimate of drug-likeness (QED) is 0.641. The van der Waals surface area contributed by atoms with Crippen LogP contribution in [0.3, 0.4) is 0 Å². The second-order valence-corrected chi connectivity index (χ2v) is 4.14. The van der Waals surface area contributed by atoms with Crippen LogP contribution in [-0.4, -0.2) is 24.3 Å². The molecule has 0 aliphatic heterocycles. The Labute approximate surface area is 107 Å². The highest BCUT2D eigenvalue weighted by atomic mass is 16.6. The number of hydrogen-bond donors (Lipinski definition) is 1. The largest absolute Gasteiger partial charge is 0.497 e. The Hall–Kier alpha value is -1.81. The van der Waals surface area contributed by atoms with Crippen LogP contribution in [-0.2, 0) is 15.1 Å². The first kappa shape index (κ1) is 14.3. The van der Waals surface area contributed by atoms with E-state index in [1.807, 2.05) is 0 Å². The van der Waals surface area contributed by atoms with Crippen LogP contribution < -0.4 is 4.74 Å². The molecule has 0 fully saturated rings. The number of benzene rings is 1. The first-order chi connectivity index (χ1) is 8.41. The molecule has 0 aromatic heterocycles. The normalized spacial score (nSPS) is 15.3. The number of methoxy groups -OCH3 is 1. The molecule has 1 aromatic carbocycles. The van der Waals surface area contributed by atoms with Gasteiger partial charge in [0.2, 0.25) is 0 Å². The van der Waals surface area contributed by atoms with E-state index in [0.29, 0.717) is 11.3 Å². The Morgan fingerprint density at radius 2 is 2.00 bits per heavy atom. The SMILES string of the molecule is C=C[C@H](OC(C)=O)[C@](C)(O)c1ccc(OC)cc1. The highest BCUT2D eigenvalue weighted by molar-refractivity contribution is 5.66. The molecular weight excluding hydrogens is 232 g/mol. The molecule has 1 aromatic rings. The zero-order valence-electron chi connectivity index (χ0n) is 10.8. The molecule has 0 saturated carbocycles. The molecule has 18 heavy (non-hydrogen) atoms. The van der Waals surface area contributed by atoms with E-state index < -0.39 is 17.7 Å². The minimum absolute atomic E-state index is 0.464. The van der Waals surface area contributed by atoms with E-state index in [9.17, 15) is 9.90 Å². The number of ether oxygens (including phenoxy) is 2. The van der Waals surface area contributed by atoms with Crippen LogP contribution in [0.5, 0.6) is 5.75 Å². The number of carbonyl (C=O) groups excluding carboxylic acids is 1. The van der Waals surface area contributed by atoms with Gasteiger partial charge in [0, 0.05) is 6.92 Å². The zero-order valence-corrected chi connectivity index (χ0v) is 10.8. The molecule has 0 saturated heterocycles. The molecule has 0 bridgehead atoms. The van der Waals surface area contributed by atoms with Gasteiger partial charge in [-0.15, -0.1) is 0 Å². The average molecular weight is 250 g/mol. The van der Waals surface area contributed by atoms with Gasteiger partial charge in [-0.1, -0.05) is 18.7 Å². The first-order valence-corrected chi connectivity index (χ1v) is 5.58. The minimum atomic E-state index is -1.33. The van der Waals surface area contributed by atoms with Gasteiger partial charge < -0.3 is 14.6 Å². The van der Waals surface area contributed by atoms with Crippen molar-refractivity contribution >= 4 is 5.97 Å². The number of carbonyl (C=O) groups is 1. The van der Waals surface area contributed by atoms with Crippen LogP contribution in [0.2, 0.25) is 0 Å². The third kappa shape index (κ3) is 3.11. The maximum absolute atomic E-state index is 11.0. The van der Waals surface area contributed by atoms with Crippen LogP contribution in [0.25, 0.3) is 0 Å². The van der Waals surface area contributed by atoms with Gasteiger partial charge in [-0.25, -0.2) is 0 Å². The van der Waals surface area contributed by atoms with E-state index in [0.717, 1.165) is 0 Å². The molecule has 1 rings (SSSR count). The lowest BCUT2D eigenvalue weighted by Gasteiger charge is -2.30. The highest BCUT2D eigenvalue weighted by Gasteiger charge is 2.34. The fourth-order valence-electron chi connectivity index (χ4n) is 1.66. The van der Waals surface area contributed by atoms with Crippen LogP contribution in [0.1, 0.15) is 19.4 Å². The summed E-state index contributed by atoms with van der Waals surface area (Å²) in [4.78, 5) is 11.0. The van der Waals surface area contributed by atoms with E-state index in [-0.39, 0.29) is 0 Å². The van der Waals surface area contributed by atoms with Gasteiger partial charge in [0.25, 0.3) is 0 Å². The molecule has 0 amide bonds. The molecule has 0 spiro atoms. The Kier molecular flexibility index (Phi) is 4.50. The van der Waals surface area contributed by atoms with Gasteiger partial charge in [0.1, 0.15) is 11.4 Å². The van der Waals surface area contributed by atoms with Crippen molar-refractivity contribution in [2.24, 2.45) is 0 Å². The van der Waals surface area contributed by atoms with E-state index >= 15 is 0 Å². The molecule has 0 unspecified atom stereocenters. The summed E-state index contributed by atoms with van der Waals surface area (Å²) < 4.78 is 10.1. The Bertz CT molecular complexity index is 420. The summed E-state index contributed by atoms with van der Waals surface area (Å²) in [5.41, 5.74) is -0.714. The van der Waals surface area contributed by atoms with Crippen LogP contribution >= 0.6 is 0 Å². The van der Waals surface area contributed by atoms with Gasteiger partial charge in [-0.05, 0) is 30.7 Å². The highest BCUT2D eigenvalue weighted by Crippen LogP contribution is 2.28. The second kappa shape index (κ2) is 5.69. The predicted molar refractivity (Wildman–Crippen MR) is 68.3 cm³/mol. The molecule has 0 heterocycles. The maximum atomic E-state index is 11.0. The van der Waals surface area contributed by atoms with Crippen LogP contribution in [0.15, 0.2) is 36.9 Å². The molecule has 0 radical (unpaired) electrons. The maximum Gasteiger partial charge on any atom is 0.303 e. The van der Waals surface area contributed by atoms with E-state index in [4.69, 9.17) is 9.47 Å². The van der Waals surface area contributed by atoms with Crippen molar-refractivity contribution in [1.29, 1.82) is 0 Å². The Morgan fingerprint density at radius 1 is 1.44 bits per heavy atom. The number of rotatable bonds is 5. The van der Waals surface area contributed by atoms with Crippen LogP contribution in [0.4, 0.5) is 0 Å². The Balaban J connectivity index is 3.01. The molecule has 0 aliphatic carbocycles. The summed E-state index contributed by atoms with van der Waals surface area (Å²) in [6.07, 6.45) is 0.606. The van der Waals surface area contributed by atoms with Gasteiger partial charge >= 0.3 is 5.97 Å². The van der Waals surface area contributed by atoms with E-state index in [1.54, 1.807) is 38.3 Å². The van der Waals surface area contributed by atoms with Gasteiger partial charge in [0.05, 0.1) is 7.11 Å². The third-order valence-electron chi connectivity index (χ3n) is 2.74. The monoisotopic (exact) mass is 250 g/mol. The van der Waals surface area contributed by atoms with E-state index in [1.165, 1.54) is 13.0 Å². The molecule has 4 heteroatoms. The number of hydrogen-bond acceptors (Lipinski definition) is 4. The standard InChI is InChI=1S/C14H18O4/c1-5-13(18-10(2)15)14(3,16)11-6-8-12(17-4)9-7-11/h5-9,13,16H,1H2,2-4H3/t13-,14+/m0/s1. The van der Waals surface area contributed by atoms with Crippen molar-refractivity contribution in [3.8, 4) is 5.75 Å². The van der Waals surface area contributed by atoms with Crippen molar-refractivity contribution in [2.75, 3.05) is 7.11 Å². The van der Waals surface area contributed by atoms with Gasteiger partial charge in [-0.3, -0.25) is 4.79 Å². The first-order valence-electron chi connectivity index (χ1n) is 5.58. The topological polar surface area (TPSA) is 55.8 Å². The van der Waals surface area contributed by atoms with Gasteiger partial charge in [-0.2, -0.15) is 0 Å². The summed E-state index contributed by atoms with van der Waals surface area (Å²) in [5.74, 6) is 0.228. The lowest BCUT2D eigenvalue weighted by atomic mass is 9.90. The Morgan fingerprint density at radius 3 is 2.39 bits per heavy atom. The molecule has 4 nitrogen and oxygen atoms in total. The lowest BCUT2D eigenvalue weighted by molar-refractivity contribution is -0.156. The smallest absolute Gasteiger partial charge is 0.303 e. The molecule has 1 N–H and O–H groups in total. The summed E-state index contributed by atoms with van der Waals surface area (Å²) in [6, 6.07) is 6.91. The van der Waals surface area contributed by atoms with Crippen LogP contribution in [0, 0.1) is 0 Å². The van der Waals surface area contributed by atoms with Crippen molar-refractivity contribution < 1.29 is 19.4 Å². The summed E-state index contributed by atoms with van der Waals surface area (Å²) in [5, 5.41) is 10.5. The molecule has 98 valence electrons. The lowest BCUT2D eigenvalue weighted by Crippen LogP contribution is -2.38.